The third kappa shape index (κ3) is 0.815. The fourth-order valence-electron chi connectivity index (χ4n) is 0.311. The smallest absolute Gasteiger partial charge is 0.170 e. The Morgan fingerprint density at radius 1 is 1.83 bits per heavy atom. The lowest BCUT2D eigenvalue weighted by atomic mass is 10.8. The van der Waals surface area contributed by atoms with Crippen molar-refractivity contribution >= 4 is 24.4 Å². The van der Waals surface area contributed by atoms with Crippen LogP contribution in [0.2, 0.25) is 0 Å². The van der Waals surface area contributed by atoms with E-state index in [2.05, 4.69) is 17.9 Å². The summed E-state index contributed by atoms with van der Waals surface area (Å²) in [5.41, 5.74) is 2.93. The van der Waals surface area contributed by atoms with Crippen molar-refractivity contribution in [1.82, 2.24) is 5.43 Å². The molecule has 0 aromatic rings. The molecule has 1 saturated heterocycles. The average Bonchev–Trinajstić information content (AvgIpc) is 1.86. The molecule has 0 unspecified atom stereocenters. The quantitative estimate of drug-likeness (QED) is 0.356. The topological polar surface area (TPSA) is 15.0 Å². The molecule has 0 radical (unpaired) electrons. The van der Waals surface area contributed by atoms with Crippen LogP contribution < -0.4 is 5.43 Å². The summed E-state index contributed by atoms with van der Waals surface area (Å²) in [6, 6.07) is 0. The number of hydrogen-bond acceptors (Lipinski definition) is 2. The summed E-state index contributed by atoms with van der Waals surface area (Å²) in [6.45, 7) is 1.02. The Morgan fingerprint density at radius 2 is 2.67 bits per heavy atom. The highest BCUT2D eigenvalue weighted by molar-refractivity contribution is 7.94. The van der Waals surface area contributed by atoms with E-state index in [0.717, 1.165) is 12.3 Å². The molecule has 0 aromatic carbocycles. The first-order valence-electron chi connectivity index (χ1n) is 1.73. The Morgan fingerprint density at radius 3 is 2.83 bits per heavy atom. The number of nitrogens with zero attached hydrogens (tertiary/aromatic N) is 1. The highest BCUT2D eigenvalue weighted by Crippen LogP contribution is 2.01. The molecule has 0 bridgehead atoms. The van der Waals surface area contributed by atoms with E-state index in [1.807, 2.05) is 0 Å². The third-order valence-electron chi connectivity index (χ3n) is 0.552. The molecule has 1 rings (SSSR count). The van der Waals surface area contributed by atoms with Gasteiger partial charge in [-0.05, 0) is 0 Å². The maximum atomic E-state index is 4.69. The molecule has 0 spiro atoms. The van der Waals surface area contributed by atoms with E-state index < -0.39 is 0 Å². The maximum Gasteiger partial charge on any atom is 0.313 e. The molecular weight excluding hydrogens is 116 g/mol. The zero-order chi connectivity index (χ0) is 4.41. The molecule has 0 atom stereocenters. The van der Waals surface area contributed by atoms with Crippen LogP contribution >= 0.6 is 11.9 Å². The predicted molar refractivity (Wildman–Crippen MR) is 28.1 cm³/mol. The Bertz CT molecular complexity index is 63.9. The molecule has 6 heavy (non-hydrogen) atoms. The molecule has 0 aromatic heterocycles. The lowest BCUT2D eigenvalue weighted by Gasteiger charge is -1.73. The molecule has 1 heterocycles. The Kier molecular flexibility index (Phi) is 1.26. The maximum absolute atomic E-state index is 4.69. The van der Waals surface area contributed by atoms with Crippen LogP contribution in [0.3, 0.4) is 0 Å². The second-order valence-electron chi connectivity index (χ2n) is 0.998. The fourth-order valence-corrected chi connectivity index (χ4v) is 1.16. The first kappa shape index (κ1) is 4.33. The predicted octanol–water partition coefficient (Wildman–Crippen LogP) is -0.104. The fraction of sp³-hybridized carbons (Fsp3) is 1.00. The van der Waals surface area contributed by atoms with Crippen molar-refractivity contribution in [1.29, 1.82) is 0 Å². The van der Waals surface area contributed by atoms with Gasteiger partial charge in [-0.15, -0.1) is 0 Å². The highest BCUT2D eigenvalue weighted by Gasteiger charge is 2.12. The lowest BCUT2D eigenvalue weighted by Crippen LogP contribution is -2.12. The minimum Gasteiger partial charge on any atom is -0.170 e. The van der Waals surface area contributed by atoms with Gasteiger partial charge in [0.2, 0.25) is 11.9 Å². The highest BCUT2D eigenvalue weighted by atomic mass is 32.2. The Balaban J connectivity index is 2.37. The van der Waals surface area contributed by atoms with Gasteiger partial charge >= 0.3 is 12.4 Å². The number of rotatable bonds is 0. The van der Waals surface area contributed by atoms with Crippen LogP contribution in [-0.4, -0.2) is 15.8 Å². The van der Waals surface area contributed by atoms with Crippen molar-refractivity contribution in [2.45, 2.75) is 0 Å². The normalized spacial score (nSPS) is 21.0. The van der Waals surface area contributed by atoms with E-state index in [9.17, 15) is 0 Å². The zero-order valence-corrected chi connectivity index (χ0v) is 4.81. The minimum absolute atomic E-state index is 1.02. The van der Waals surface area contributed by atoms with E-state index in [4.69, 9.17) is 0 Å². The second-order valence-corrected chi connectivity index (χ2v) is 2.63. The average molecular weight is 121 g/mol. The van der Waals surface area contributed by atoms with Crippen LogP contribution in [0.25, 0.3) is 0 Å². The number of hydrogen-bond donors (Lipinski definition) is 1. The Hall–Kier alpha value is 0.170. The van der Waals surface area contributed by atoms with E-state index >= 15 is 0 Å². The first-order chi connectivity index (χ1) is 2.89. The van der Waals surface area contributed by atoms with Crippen molar-refractivity contribution in [3.05, 3.63) is 0 Å². The van der Waals surface area contributed by atoms with Crippen LogP contribution in [0.15, 0.2) is 0 Å². The van der Waals surface area contributed by atoms with E-state index in [-0.39, 0.29) is 0 Å². The molecule has 0 aliphatic carbocycles. The first-order valence-corrected chi connectivity index (χ1v) is 3.04. The second kappa shape index (κ2) is 1.75. The van der Waals surface area contributed by atoms with Gasteiger partial charge in [-0.3, -0.25) is 0 Å². The molecule has 1 aliphatic heterocycles. The molecule has 34 valence electrons. The van der Waals surface area contributed by atoms with Gasteiger partial charge in [0.05, 0.1) is 12.3 Å². The van der Waals surface area contributed by atoms with Crippen molar-refractivity contribution in [3.63, 3.8) is 0 Å². The van der Waals surface area contributed by atoms with E-state index in [0.29, 0.717) is 0 Å². The summed E-state index contributed by atoms with van der Waals surface area (Å²) in [5.74, 6) is 1.11. The molecular formula is C2H5N2S2+. The van der Waals surface area contributed by atoms with Crippen molar-refractivity contribution < 1.29 is 3.46 Å². The van der Waals surface area contributed by atoms with Crippen molar-refractivity contribution in [2.24, 2.45) is 0 Å². The third-order valence-corrected chi connectivity index (χ3v) is 1.75. The van der Waals surface area contributed by atoms with Gasteiger partial charge in [-0.2, -0.15) is 5.43 Å². The van der Waals surface area contributed by atoms with Crippen LogP contribution in [0.4, 0.5) is 0 Å². The van der Waals surface area contributed by atoms with Crippen LogP contribution in [0.5, 0.6) is 0 Å². The SMILES string of the molecule is S=[N+]1NCCS1. The monoisotopic (exact) mass is 121 g/mol. The van der Waals surface area contributed by atoms with Gasteiger partial charge in [-0.25, -0.2) is 0 Å². The standard InChI is InChI=1S/C2H5N2S2/c5-4-3-1-2-6-4/h1-2H2,(H,3,5)/q+1. The molecule has 2 nitrogen and oxygen atoms in total. The Labute approximate surface area is 46.2 Å². The lowest BCUT2D eigenvalue weighted by molar-refractivity contribution is -0.378. The molecule has 1 N–H and O–H groups in total. The van der Waals surface area contributed by atoms with E-state index in [1.165, 1.54) is 0 Å². The van der Waals surface area contributed by atoms with Gasteiger partial charge in [0, 0.05) is 3.46 Å². The largest absolute Gasteiger partial charge is 0.313 e. The van der Waals surface area contributed by atoms with E-state index in [1.54, 1.807) is 15.4 Å². The molecule has 1 aliphatic rings. The van der Waals surface area contributed by atoms with Crippen LogP contribution in [-0.2, 0) is 12.4 Å². The van der Waals surface area contributed by atoms with Gasteiger partial charge in [-0.1, -0.05) is 0 Å². The number of hydrazine groups is 1. The molecule has 0 amide bonds. The molecule has 1 fully saturated rings. The number of nitrogens with one attached hydrogen (secondary N) is 1. The summed E-state index contributed by atoms with van der Waals surface area (Å²) < 4.78 is 1.61. The minimum atomic E-state index is 1.02. The summed E-state index contributed by atoms with van der Waals surface area (Å²) in [5, 5.41) is 0. The van der Waals surface area contributed by atoms with Crippen LogP contribution in [0.1, 0.15) is 0 Å². The van der Waals surface area contributed by atoms with Crippen molar-refractivity contribution in [2.75, 3.05) is 12.3 Å². The summed E-state index contributed by atoms with van der Waals surface area (Å²) in [6.07, 6.45) is 0. The van der Waals surface area contributed by atoms with Gasteiger partial charge < -0.3 is 0 Å². The van der Waals surface area contributed by atoms with Gasteiger partial charge in [0.1, 0.15) is 0 Å². The summed E-state index contributed by atoms with van der Waals surface area (Å²) in [4.78, 5) is 0. The van der Waals surface area contributed by atoms with Gasteiger partial charge in [0.15, 0.2) is 0 Å². The molecule has 4 heteroatoms. The summed E-state index contributed by atoms with van der Waals surface area (Å²) >= 11 is 6.32. The summed E-state index contributed by atoms with van der Waals surface area (Å²) in [7, 11) is 0. The van der Waals surface area contributed by atoms with Gasteiger partial charge in [0.25, 0.3) is 0 Å². The molecule has 0 saturated carbocycles. The zero-order valence-electron chi connectivity index (χ0n) is 3.18. The van der Waals surface area contributed by atoms with Crippen molar-refractivity contribution in [3.8, 4) is 0 Å². The van der Waals surface area contributed by atoms with Crippen LogP contribution in [0, 0.1) is 0 Å².